The fraction of sp³-hybridized carbons (Fsp3) is 0.750. The lowest BCUT2D eigenvalue weighted by atomic mass is 9.99. The van der Waals surface area contributed by atoms with E-state index in [1.54, 1.807) is 0 Å². The van der Waals surface area contributed by atoms with Gasteiger partial charge >= 0.3 is 0 Å². The van der Waals surface area contributed by atoms with Crippen LogP contribution in [0.1, 0.15) is 20.8 Å². The van der Waals surface area contributed by atoms with E-state index in [0.717, 1.165) is 0 Å². The molecule has 0 rings (SSSR count). The summed E-state index contributed by atoms with van der Waals surface area (Å²) in [6.07, 6.45) is 0. The number of rotatable bonds is 0. The van der Waals surface area contributed by atoms with Crippen LogP contribution in [0.4, 0.5) is 0 Å². The first kappa shape index (κ1) is 8.78. The normalized spacial score (nSPS) is 10.9. The van der Waals surface area contributed by atoms with Crippen molar-refractivity contribution in [3.8, 4) is 11.5 Å². The maximum atomic E-state index is 3.24. The number of hydrogen-bond acceptors (Lipinski definition) is 0. The smallest absolute Gasteiger partial charge is 0.133 e. The zero-order chi connectivity index (χ0) is 7.49. The maximum Gasteiger partial charge on any atom is 0.138 e. The van der Waals surface area contributed by atoms with E-state index in [4.69, 9.17) is 0 Å². The highest BCUT2D eigenvalue weighted by atomic mass is 28.3. The molecular weight excluding hydrogens is 124 g/mol. The Hall–Kier alpha value is -0.223. The van der Waals surface area contributed by atoms with E-state index in [1.807, 2.05) is 0 Å². The quantitative estimate of drug-likeness (QED) is 0.357. The van der Waals surface area contributed by atoms with Gasteiger partial charge in [-0.2, -0.15) is 0 Å². The zero-order valence-electron chi connectivity index (χ0n) is 7.00. The van der Waals surface area contributed by atoms with Gasteiger partial charge in [0.25, 0.3) is 0 Å². The van der Waals surface area contributed by atoms with Gasteiger partial charge in [0, 0.05) is 5.41 Å². The van der Waals surface area contributed by atoms with Gasteiger partial charge in [0.05, 0.1) is 0 Å². The van der Waals surface area contributed by atoms with Crippen LogP contribution in [0.5, 0.6) is 0 Å². The zero-order valence-corrected chi connectivity index (χ0v) is 8.00. The first-order valence-corrected chi connectivity index (χ1v) is 5.75. The summed E-state index contributed by atoms with van der Waals surface area (Å²) in [7, 11) is -0.329. The molecule has 0 aromatic heterocycles. The molecule has 0 bridgehead atoms. The molecule has 0 fully saturated rings. The molecule has 0 aromatic carbocycles. The van der Waals surface area contributed by atoms with Gasteiger partial charge in [-0.1, -0.05) is 13.1 Å². The van der Waals surface area contributed by atoms with E-state index < -0.39 is 0 Å². The summed E-state index contributed by atoms with van der Waals surface area (Å²) in [4.78, 5) is 0. The highest BCUT2D eigenvalue weighted by Crippen LogP contribution is 2.09. The van der Waals surface area contributed by atoms with Gasteiger partial charge < -0.3 is 0 Å². The monoisotopic (exact) mass is 139 g/mol. The summed E-state index contributed by atoms with van der Waals surface area (Å²) in [5.41, 5.74) is 3.43. The molecule has 0 saturated carbocycles. The molecule has 0 amide bonds. The molecule has 0 atom stereocenters. The largest absolute Gasteiger partial charge is 0.138 e. The van der Waals surface area contributed by atoms with Crippen LogP contribution in [0.15, 0.2) is 0 Å². The van der Waals surface area contributed by atoms with E-state index in [0.29, 0.717) is 0 Å². The average Bonchev–Trinajstić information content (AvgIpc) is 1.59. The molecule has 1 heteroatoms. The molecule has 0 aromatic rings. The Labute approximate surface area is 60.3 Å². The highest BCUT2D eigenvalue weighted by Gasteiger charge is 2.03. The van der Waals surface area contributed by atoms with Gasteiger partial charge in [0.2, 0.25) is 0 Å². The van der Waals surface area contributed by atoms with Gasteiger partial charge in [-0.05, 0) is 20.8 Å². The molecular formula is C8H15Si. The third kappa shape index (κ3) is 7.78. The second kappa shape index (κ2) is 3.08. The van der Waals surface area contributed by atoms with E-state index in [-0.39, 0.29) is 14.2 Å². The molecule has 0 unspecified atom stereocenters. The summed E-state index contributed by atoms with van der Waals surface area (Å²) in [6, 6.07) is 0. The summed E-state index contributed by atoms with van der Waals surface area (Å²) in [6.45, 7) is 10.9. The van der Waals surface area contributed by atoms with Crippen LogP contribution in [0.25, 0.3) is 0 Å². The topological polar surface area (TPSA) is 0 Å². The van der Waals surface area contributed by atoms with Crippen molar-refractivity contribution in [3.63, 3.8) is 0 Å². The Bertz CT molecular complexity index is 129. The van der Waals surface area contributed by atoms with E-state index >= 15 is 0 Å². The predicted molar refractivity (Wildman–Crippen MR) is 44.7 cm³/mol. The van der Waals surface area contributed by atoms with E-state index in [2.05, 4.69) is 45.3 Å². The van der Waals surface area contributed by atoms with Crippen LogP contribution >= 0.6 is 0 Å². The van der Waals surface area contributed by atoms with Crippen molar-refractivity contribution in [1.29, 1.82) is 0 Å². The molecule has 0 spiro atoms. The molecule has 0 saturated heterocycles. The lowest BCUT2D eigenvalue weighted by Crippen LogP contribution is -2.03. The van der Waals surface area contributed by atoms with Crippen molar-refractivity contribution in [2.24, 2.45) is 5.41 Å². The Morgan fingerprint density at radius 2 is 1.56 bits per heavy atom. The summed E-state index contributed by atoms with van der Waals surface area (Å²) in [5.74, 6) is 3.22. The van der Waals surface area contributed by atoms with Crippen molar-refractivity contribution < 1.29 is 0 Å². The van der Waals surface area contributed by atoms with E-state index in [9.17, 15) is 0 Å². The first-order valence-electron chi connectivity index (χ1n) is 3.25. The molecule has 0 nitrogen and oxygen atoms in total. The minimum atomic E-state index is -0.329. The van der Waals surface area contributed by atoms with Crippen LogP contribution in [0.3, 0.4) is 0 Å². The molecule has 0 aliphatic carbocycles. The molecule has 0 aliphatic rings. The van der Waals surface area contributed by atoms with Crippen molar-refractivity contribution in [2.45, 2.75) is 33.9 Å². The Balaban J connectivity index is 3.88. The number of hydrogen-bond donors (Lipinski definition) is 0. The Morgan fingerprint density at radius 1 is 1.11 bits per heavy atom. The average molecular weight is 139 g/mol. The highest BCUT2D eigenvalue weighted by molar-refractivity contribution is 6.64. The van der Waals surface area contributed by atoms with Crippen LogP contribution in [0, 0.1) is 16.9 Å². The van der Waals surface area contributed by atoms with Crippen molar-refractivity contribution in [1.82, 2.24) is 0 Å². The van der Waals surface area contributed by atoms with Crippen molar-refractivity contribution >= 4 is 8.80 Å². The van der Waals surface area contributed by atoms with E-state index in [1.165, 1.54) is 0 Å². The standard InChI is InChI=1S/C8H15Si/c1-8(2,3)6-7-9(4)5/h1-5H3. The van der Waals surface area contributed by atoms with Crippen LogP contribution in [-0.2, 0) is 0 Å². The molecule has 0 N–H and O–H groups in total. The first-order chi connectivity index (χ1) is 3.92. The fourth-order valence-corrected chi connectivity index (χ4v) is 0.938. The molecule has 9 heavy (non-hydrogen) atoms. The Morgan fingerprint density at radius 3 is 1.67 bits per heavy atom. The second-order valence-electron chi connectivity index (χ2n) is 3.50. The van der Waals surface area contributed by atoms with Gasteiger partial charge in [-0.25, -0.2) is 0 Å². The molecule has 0 heterocycles. The summed E-state index contributed by atoms with van der Waals surface area (Å²) < 4.78 is 0. The minimum Gasteiger partial charge on any atom is -0.133 e. The lowest BCUT2D eigenvalue weighted by molar-refractivity contribution is 0.571. The predicted octanol–water partition coefficient (Wildman–Crippen LogP) is 2.33. The third-order valence-electron chi connectivity index (χ3n) is 0.688. The third-order valence-corrected chi connectivity index (χ3v) is 1.31. The van der Waals surface area contributed by atoms with Gasteiger partial charge in [-0.15, -0.1) is 11.5 Å². The van der Waals surface area contributed by atoms with Gasteiger partial charge in [0.1, 0.15) is 8.80 Å². The van der Waals surface area contributed by atoms with Gasteiger partial charge in [0.15, 0.2) is 0 Å². The summed E-state index contributed by atoms with van der Waals surface area (Å²) >= 11 is 0. The molecule has 1 radical (unpaired) electrons. The van der Waals surface area contributed by atoms with Crippen LogP contribution in [0.2, 0.25) is 13.1 Å². The Kier molecular flexibility index (Phi) is 3.00. The SMILES string of the molecule is C[Si](C)C#CC(C)(C)C. The minimum absolute atomic E-state index is 0.196. The summed E-state index contributed by atoms with van der Waals surface area (Å²) in [5, 5.41) is 0. The van der Waals surface area contributed by atoms with Gasteiger partial charge in [-0.3, -0.25) is 0 Å². The van der Waals surface area contributed by atoms with Crippen LogP contribution < -0.4 is 0 Å². The lowest BCUT2D eigenvalue weighted by Gasteiger charge is -2.07. The van der Waals surface area contributed by atoms with Crippen LogP contribution in [-0.4, -0.2) is 8.80 Å². The fourth-order valence-electron chi connectivity index (χ4n) is 0.312. The second-order valence-corrected chi connectivity index (χ2v) is 5.75. The molecule has 51 valence electrons. The van der Waals surface area contributed by atoms with Crippen molar-refractivity contribution in [2.75, 3.05) is 0 Å². The maximum absolute atomic E-state index is 3.24. The van der Waals surface area contributed by atoms with Crippen molar-refractivity contribution in [3.05, 3.63) is 0 Å². The molecule has 0 aliphatic heterocycles.